The zero-order valence-electron chi connectivity index (χ0n) is 10.8. The zero-order valence-corrected chi connectivity index (χ0v) is 11.7. The van der Waals surface area contributed by atoms with Gasteiger partial charge in [0.05, 0.1) is 13.5 Å². The summed E-state index contributed by atoms with van der Waals surface area (Å²) in [6.45, 7) is 2.49. The van der Waals surface area contributed by atoms with Crippen LogP contribution in [-0.2, 0) is 9.53 Å². The first-order chi connectivity index (χ1) is 9.08. The number of carbonyl (C=O) groups is 1. The molecule has 0 bridgehead atoms. The predicted octanol–water partition coefficient (Wildman–Crippen LogP) is 2.84. The highest BCUT2D eigenvalue weighted by atomic mass is 32.2. The van der Waals surface area contributed by atoms with E-state index in [1.54, 1.807) is 0 Å². The van der Waals surface area contributed by atoms with E-state index in [1.807, 2.05) is 6.92 Å². The van der Waals surface area contributed by atoms with E-state index in [4.69, 9.17) is 0 Å². The number of pyridine rings is 1. The van der Waals surface area contributed by atoms with E-state index < -0.39 is 11.6 Å². The van der Waals surface area contributed by atoms with Crippen LogP contribution in [0.25, 0.3) is 0 Å². The number of ether oxygens (including phenoxy) is 1. The lowest BCUT2D eigenvalue weighted by molar-refractivity contribution is -0.140. The number of nitrogens with zero attached hydrogens (tertiary/aromatic N) is 1. The first kappa shape index (κ1) is 15.7. The summed E-state index contributed by atoms with van der Waals surface area (Å²) in [7, 11) is 1.29. The molecule has 0 aliphatic rings. The first-order valence-electron chi connectivity index (χ1n) is 5.88. The number of methoxy groups -OCH3 is 1. The summed E-state index contributed by atoms with van der Waals surface area (Å²) in [5.74, 6) is -1.46. The Balaban J connectivity index is 2.68. The lowest BCUT2D eigenvalue weighted by Gasteiger charge is -2.08. The Labute approximate surface area is 114 Å². The van der Waals surface area contributed by atoms with Gasteiger partial charge in [-0.2, -0.15) is 0 Å². The molecule has 0 spiro atoms. The van der Waals surface area contributed by atoms with Gasteiger partial charge in [-0.05, 0) is 6.42 Å². The number of hydrogen-bond acceptors (Lipinski definition) is 5. The lowest BCUT2D eigenvalue weighted by atomic mass is 10.4. The van der Waals surface area contributed by atoms with Crippen LogP contribution in [-0.4, -0.2) is 30.4 Å². The van der Waals surface area contributed by atoms with E-state index in [1.165, 1.54) is 7.11 Å². The molecule has 0 fully saturated rings. The van der Waals surface area contributed by atoms with Gasteiger partial charge in [0.25, 0.3) is 0 Å². The van der Waals surface area contributed by atoms with Crippen LogP contribution in [0.4, 0.5) is 14.6 Å². The van der Waals surface area contributed by atoms with Crippen LogP contribution in [0, 0.1) is 11.6 Å². The van der Waals surface area contributed by atoms with Crippen LogP contribution >= 0.6 is 11.8 Å². The van der Waals surface area contributed by atoms with Gasteiger partial charge in [0.1, 0.15) is 5.03 Å². The van der Waals surface area contributed by atoms with Crippen molar-refractivity contribution in [3.8, 4) is 0 Å². The monoisotopic (exact) mass is 290 g/mol. The van der Waals surface area contributed by atoms with Crippen LogP contribution in [0.15, 0.2) is 11.1 Å². The van der Waals surface area contributed by atoms with Crippen LogP contribution in [0.5, 0.6) is 0 Å². The third-order valence-corrected chi connectivity index (χ3v) is 3.18. The van der Waals surface area contributed by atoms with Gasteiger partial charge in [-0.25, -0.2) is 13.8 Å². The van der Waals surface area contributed by atoms with Gasteiger partial charge in [-0.3, -0.25) is 4.79 Å². The largest absolute Gasteiger partial charge is 0.469 e. The molecule has 19 heavy (non-hydrogen) atoms. The second-order valence-corrected chi connectivity index (χ2v) is 4.79. The Bertz CT molecular complexity index is 444. The van der Waals surface area contributed by atoms with Crippen molar-refractivity contribution in [3.63, 3.8) is 0 Å². The maximum atomic E-state index is 13.5. The number of hydrogen-bond donors (Lipinski definition) is 1. The van der Waals surface area contributed by atoms with Gasteiger partial charge >= 0.3 is 5.97 Å². The average molecular weight is 290 g/mol. The fourth-order valence-corrected chi connectivity index (χ4v) is 2.07. The van der Waals surface area contributed by atoms with Gasteiger partial charge in [-0.15, -0.1) is 11.8 Å². The molecule has 1 aromatic rings. The zero-order chi connectivity index (χ0) is 14.3. The molecule has 0 saturated heterocycles. The molecule has 4 nitrogen and oxygen atoms in total. The third-order valence-electron chi connectivity index (χ3n) is 2.21. The van der Waals surface area contributed by atoms with Crippen molar-refractivity contribution in [2.75, 3.05) is 24.7 Å². The molecule has 0 amide bonds. The molecule has 1 rings (SSSR count). The number of anilines is 1. The fraction of sp³-hybridized carbons (Fsp3) is 0.500. The molecule has 0 aliphatic carbocycles. The topological polar surface area (TPSA) is 51.2 Å². The fourth-order valence-electron chi connectivity index (χ4n) is 1.25. The lowest BCUT2D eigenvalue weighted by Crippen LogP contribution is -2.06. The number of thioether (sulfide) groups is 1. The molecule has 106 valence electrons. The molecule has 0 radical (unpaired) electrons. The van der Waals surface area contributed by atoms with Gasteiger partial charge in [0.15, 0.2) is 17.5 Å². The Kier molecular flexibility index (Phi) is 6.55. The van der Waals surface area contributed by atoms with E-state index in [9.17, 15) is 13.6 Å². The van der Waals surface area contributed by atoms with Gasteiger partial charge in [0, 0.05) is 18.4 Å². The quantitative estimate of drug-likeness (QED) is 0.618. The number of nitrogens with one attached hydrogen (secondary N) is 1. The molecule has 1 heterocycles. The van der Waals surface area contributed by atoms with Crippen molar-refractivity contribution in [2.24, 2.45) is 0 Å². The molecule has 0 aliphatic heterocycles. The maximum absolute atomic E-state index is 13.5. The Morgan fingerprint density at radius 2 is 2.21 bits per heavy atom. The molecular weight excluding hydrogens is 274 g/mol. The van der Waals surface area contributed by atoms with Crippen LogP contribution in [0.1, 0.15) is 19.8 Å². The van der Waals surface area contributed by atoms with E-state index in [2.05, 4.69) is 15.0 Å². The SMILES string of the molecule is CCCNc1nc(SCCC(=O)OC)c(F)cc1F. The Hall–Kier alpha value is -1.37. The molecular formula is C12H16F2N2O2S. The summed E-state index contributed by atoms with van der Waals surface area (Å²) in [5.41, 5.74) is 0. The predicted molar refractivity (Wildman–Crippen MR) is 70.3 cm³/mol. The average Bonchev–Trinajstić information content (AvgIpc) is 2.39. The number of halogens is 2. The van der Waals surface area contributed by atoms with Crippen LogP contribution in [0.3, 0.4) is 0 Å². The molecule has 0 atom stereocenters. The summed E-state index contributed by atoms with van der Waals surface area (Å²) in [6, 6.07) is 0.797. The van der Waals surface area contributed by atoms with Crippen molar-refractivity contribution < 1.29 is 18.3 Å². The molecule has 0 unspecified atom stereocenters. The van der Waals surface area contributed by atoms with Gasteiger partial charge in [-0.1, -0.05) is 6.92 Å². The number of aromatic nitrogens is 1. The third kappa shape index (κ3) is 5.02. The summed E-state index contributed by atoms with van der Waals surface area (Å²) in [6.07, 6.45) is 0.959. The van der Waals surface area contributed by atoms with Crippen LogP contribution < -0.4 is 5.32 Å². The van der Waals surface area contributed by atoms with Crippen molar-refractivity contribution in [2.45, 2.75) is 24.8 Å². The van der Waals surface area contributed by atoms with E-state index in [-0.39, 0.29) is 23.2 Å². The second kappa shape index (κ2) is 7.93. The highest BCUT2D eigenvalue weighted by molar-refractivity contribution is 7.99. The number of esters is 1. The molecule has 7 heteroatoms. The number of carbonyl (C=O) groups excluding carboxylic acids is 1. The Morgan fingerprint density at radius 1 is 1.47 bits per heavy atom. The summed E-state index contributed by atoms with van der Waals surface area (Å²) in [4.78, 5) is 14.8. The highest BCUT2D eigenvalue weighted by Crippen LogP contribution is 2.24. The number of rotatable bonds is 7. The summed E-state index contributed by atoms with van der Waals surface area (Å²) >= 11 is 1.05. The minimum Gasteiger partial charge on any atom is -0.469 e. The van der Waals surface area contributed by atoms with Crippen molar-refractivity contribution in [1.82, 2.24) is 4.98 Å². The van der Waals surface area contributed by atoms with Gasteiger partial charge in [0.2, 0.25) is 0 Å². The standard InChI is InChI=1S/C12H16F2N2O2S/c1-3-5-15-11-8(13)7-9(14)12(16-11)19-6-4-10(17)18-2/h7H,3-6H2,1-2H3,(H,15,16). The molecule has 1 aromatic heterocycles. The van der Waals surface area contributed by atoms with E-state index in [0.717, 1.165) is 24.2 Å². The van der Waals surface area contributed by atoms with E-state index in [0.29, 0.717) is 12.3 Å². The first-order valence-corrected chi connectivity index (χ1v) is 6.86. The summed E-state index contributed by atoms with van der Waals surface area (Å²) in [5, 5.41) is 2.86. The molecule has 0 saturated carbocycles. The second-order valence-electron chi connectivity index (χ2n) is 3.71. The highest BCUT2D eigenvalue weighted by Gasteiger charge is 2.12. The minimum absolute atomic E-state index is 0.0313. The van der Waals surface area contributed by atoms with Crippen molar-refractivity contribution in [3.05, 3.63) is 17.7 Å². The van der Waals surface area contributed by atoms with Gasteiger partial charge < -0.3 is 10.1 Å². The van der Waals surface area contributed by atoms with E-state index >= 15 is 0 Å². The molecule has 0 aromatic carbocycles. The van der Waals surface area contributed by atoms with Crippen molar-refractivity contribution in [1.29, 1.82) is 0 Å². The van der Waals surface area contributed by atoms with Crippen molar-refractivity contribution >= 4 is 23.5 Å². The minimum atomic E-state index is -0.727. The summed E-state index contributed by atoms with van der Waals surface area (Å²) < 4.78 is 31.4. The smallest absolute Gasteiger partial charge is 0.306 e. The van der Waals surface area contributed by atoms with Crippen LogP contribution in [0.2, 0.25) is 0 Å². The maximum Gasteiger partial charge on any atom is 0.306 e. The normalized spacial score (nSPS) is 10.3. The Morgan fingerprint density at radius 3 is 2.84 bits per heavy atom. The molecule has 1 N–H and O–H groups in total.